The first-order valence-corrected chi connectivity index (χ1v) is 11.6. The molecule has 2 aromatic rings. The van der Waals surface area contributed by atoms with Crippen molar-refractivity contribution in [1.82, 2.24) is 0 Å². The van der Waals surface area contributed by atoms with Crippen molar-refractivity contribution in [3.63, 3.8) is 0 Å². The number of aliphatic hydroxyl groups is 1. The van der Waals surface area contributed by atoms with Gasteiger partial charge >= 0.3 is 0 Å². The molecule has 30 heavy (non-hydrogen) atoms. The van der Waals surface area contributed by atoms with Gasteiger partial charge in [-0.1, -0.05) is 123 Å². The Labute approximate surface area is 187 Å². The van der Waals surface area contributed by atoms with Gasteiger partial charge in [0.2, 0.25) is 0 Å². The fraction of sp³-hybridized carbons (Fsp3) is 0.586. The predicted octanol–water partition coefficient (Wildman–Crippen LogP) is 8.94. The van der Waals surface area contributed by atoms with Crippen molar-refractivity contribution >= 4 is 0 Å². The molecule has 0 aliphatic heterocycles. The molecular formula is C29H48O. The van der Waals surface area contributed by atoms with Crippen molar-refractivity contribution in [2.45, 2.75) is 107 Å². The third kappa shape index (κ3) is 7.58. The van der Waals surface area contributed by atoms with E-state index in [1.165, 1.54) is 40.7 Å². The van der Waals surface area contributed by atoms with Crippen molar-refractivity contribution in [3.05, 3.63) is 59.2 Å². The quantitative estimate of drug-likeness (QED) is 0.458. The van der Waals surface area contributed by atoms with Crippen molar-refractivity contribution in [2.75, 3.05) is 0 Å². The number of hydrogen-bond donors (Lipinski definition) is 1. The molecule has 0 heterocycles. The van der Waals surface area contributed by atoms with Gasteiger partial charge in [0.05, 0.1) is 5.60 Å². The first-order chi connectivity index (χ1) is 13.7. The first-order valence-electron chi connectivity index (χ1n) is 11.6. The second kappa shape index (κ2) is 11.7. The van der Waals surface area contributed by atoms with E-state index in [1.54, 1.807) is 0 Å². The van der Waals surface area contributed by atoms with Crippen LogP contribution in [0.1, 0.15) is 106 Å². The Balaban J connectivity index is 0.000000508. The highest BCUT2D eigenvalue weighted by Crippen LogP contribution is 2.48. The maximum atomic E-state index is 9.35. The summed E-state index contributed by atoms with van der Waals surface area (Å²) in [6.07, 6.45) is 2.50. The summed E-state index contributed by atoms with van der Waals surface area (Å²) < 4.78 is 0. The van der Waals surface area contributed by atoms with Crippen molar-refractivity contribution in [1.29, 1.82) is 0 Å². The van der Waals surface area contributed by atoms with E-state index < -0.39 is 5.60 Å². The highest BCUT2D eigenvalue weighted by molar-refractivity contribution is 5.80. The number of hydrogen-bond acceptors (Lipinski definition) is 1. The van der Waals surface area contributed by atoms with E-state index in [9.17, 15) is 5.11 Å². The fourth-order valence-corrected chi connectivity index (χ4v) is 2.82. The molecule has 0 aromatic heterocycles. The molecule has 1 nitrogen and oxygen atoms in total. The zero-order valence-electron chi connectivity index (χ0n) is 21.9. The summed E-state index contributed by atoms with van der Waals surface area (Å²) in [5, 5.41) is 9.35. The van der Waals surface area contributed by atoms with Gasteiger partial charge in [0, 0.05) is 5.41 Å². The zero-order valence-corrected chi connectivity index (χ0v) is 21.9. The molecule has 0 amide bonds. The Bertz CT molecular complexity index is 741. The molecule has 1 aliphatic carbocycles. The second-order valence-electron chi connectivity index (χ2n) is 10.4. The Morgan fingerprint density at radius 3 is 1.57 bits per heavy atom. The van der Waals surface area contributed by atoms with Crippen LogP contribution < -0.4 is 0 Å². The molecule has 1 N–H and O–H groups in total. The van der Waals surface area contributed by atoms with E-state index in [0.717, 1.165) is 0 Å². The summed E-state index contributed by atoms with van der Waals surface area (Å²) in [5.41, 5.74) is 6.66. The van der Waals surface area contributed by atoms with Crippen LogP contribution in [0.4, 0.5) is 0 Å². The van der Waals surface area contributed by atoms with Gasteiger partial charge in [-0.25, -0.2) is 0 Å². The van der Waals surface area contributed by atoms with Gasteiger partial charge in [0.1, 0.15) is 0 Å². The highest BCUT2D eigenvalue weighted by Gasteiger charge is 2.34. The Morgan fingerprint density at radius 2 is 1.13 bits per heavy atom. The molecule has 0 bridgehead atoms. The Kier molecular flexibility index (Phi) is 11.1. The Hall–Kier alpha value is -1.60. The van der Waals surface area contributed by atoms with Gasteiger partial charge in [-0.2, -0.15) is 0 Å². The monoisotopic (exact) mass is 412 g/mol. The molecule has 3 rings (SSSR count). The van der Waals surface area contributed by atoms with Gasteiger partial charge in [0.25, 0.3) is 0 Å². The van der Waals surface area contributed by atoms with Crippen LogP contribution in [-0.4, -0.2) is 10.7 Å². The summed E-state index contributed by atoms with van der Waals surface area (Å²) in [6.45, 7) is 25.0. The van der Waals surface area contributed by atoms with Crippen LogP contribution in [0.3, 0.4) is 0 Å². The lowest BCUT2D eigenvalue weighted by Crippen LogP contribution is -2.35. The standard InChI is InChI=1S/C16H16.C7H16O.2C3H8/c1-11-8-9-13-12-6-4-5-7-14(12)16(2,3)15(13)10-11;1-6(2,3)7(4,5)8;2*1-3-2/h4-10H,1-3H3;8H,1-5H3;2*3H2,1-2H3. The number of benzene rings is 2. The van der Waals surface area contributed by atoms with Crippen molar-refractivity contribution < 1.29 is 5.11 Å². The van der Waals surface area contributed by atoms with E-state index in [-0.39, 0.29) is 10.8 Å². The van der Waals surface area contributed by atoms with Crippen LogP contribution in [0.5, 0.6) is 0 Å². The van der Waals surface area contributed by atoms with E-state index in [2.05, 4.69) is 90.9 Å². The van der Waals surface area contributed by atoms with Crippen LogP contribution in [0.15, 0.2) is 42.5 Å². The molecule has 0 spiro atoms. The average molecular weight is 413 g/mol. The third-order valence-corrected chi connectivity index (χ3v) is 5.57. The van der Waals surface area contributed by atoms with Crippen LogP contribution in [0.2, 0.25) is 0 Å². The van der Waals surface area contributed by atoms with Crippen LogP contribution in [-0.2, 0) is 5.41 Å². The van der Waals surface area contributed by atoms with Gasteiger partial charge in [-0.05, 0) is 48.4 Å². The molecule has 0 saturated heterocycles. The minimum absolute atomic E-state index is 0.00694. The topological polar surface area (TPSA) is 20.2 Å². The van der Waals surface area contributed by atoms with E-state index >= 15 is 0 Å². The van der Waals surface area contributed by atoms with Crippen molar-refractivity contribution in [3.8, 4) is 11.1 Å². The molecule has 1 heteroatoms. The highest BCUT2D eigenvalue weighted by atomic mass is 16.3. The molecule has 0 radical (unpaired) electrons. The number of rotatable bonds is 0. The summed E-state index contributed by atoms with van der Waals surface area (Å²) in [5.74, 6) is 0. The second-order valence-corrected chi connectivity index (χ2v) is 10.4. The SMILES string of the molecule is CC(C)(C)C(C)(C)O.CCC.CCC.Cc1ccc2c(c1)C(C)(C)c1ccccc1-2. The first kappa shape index (κ1) is 28.4. The maximum Gasteiger partial charge on any atom is 0.0639 e. The zero-order chi connectivity index (χ0) is 23.8. The lowest BCUT2D eigenvalue weighted by Gasteiger charge is -2.33. The molecule has 0 atom stereocenters. The van der Waals surface area contributed by atoms with E-state index in [4.69, 9.17) is 0 Å². The van der Waals surface area contributed by atoms with E-state index in [1.807, 2.05) is 34.6 Å². The Morgan fingerprint density at radius 1 is 0.733 bits per heavy atom. The molecule has 2 aromatic carbocycles. The average Bonchev–Trinajstić information content (AvgIpc) is 2.83. The molecule has 0 saturated carbocycles. The van der Waals surface area contributed by atoms with Gasteiger partial charge in [0.15, 0.2) is 0 Å². The summed E-state index contributed by atoms with van der Waals surface area (Å²) >= 11 is 0. The molecule has 0 fully saturated rings. The molecule has 0 unspecified atom stereocenters. The fourth-order valence-electron chi connectivity index (χ4n) is 2.82. The smallest absolute Gasteiger partial charge is 0.0639 e. The lowest BCUT2D eigenvalue weighted by molar-refractivity contribution is -0.0238. The van der Waals surface area contributed by atoms with Crippen LogP contribution in [0, 0.1) is 12.3 Å². The lowest BCUT2D eigenvalue weighted by atomic mass is 9.79. The van der Waals surface area contributed by atoms with Crippen LogP contribution in [0.25, 0.3) is 11.1 Å². The molecule has 170 valence electrons. The molecular weight excluding hydrogens is 364 g/mol. The predicted molar refractivity (Wildman–Crippen MR) is 136 cm³/mol. The van der Waals surface area contributed by atoms with Gasteiger partial charge in [-0.3, -0.25) is 0 Å². The normalized spacial score (nSPS) is 13.4. The van der Waals surface area contributed by atoms with Gasteiger partial charge < -0.3 is 5.11 Å². The molecule has 1 aliphatic rings. The van der Waals surface area contributed by atoms with E-state index in [0.29, 0.717) is 0 Å². The number of aryl methyl sites for hydroxylation is 1. The third-order valence-electron chi connectivity index (χ3n) is 5.57. The summed E-state index contributed by atoms with van der Waals surface area (Å²) in [7, 11) is 0. The minimum Gasteiger partial charge on any atom is -0.390 e. The van der Waals surface area contributed by atoms with Gasteiger partial charge in [-0.15, -0.1) is 0 Å². The largest absolute Gasteiger partial charge is 0.390 e. The summed E-state index contributed by atoms with van der Waals surface area (Å²) in [6, 6.07) is 15.6. The summed E-state index contributed by atoms with van der Waals surface area (Å²) in [4.78, 5) is 0. The van der Waals surface area contributed by atoms with Crippen molar-refractivity contribution in [2.24, 2.45) is 5.41 Å². The van der Waals surface area contributed by atoms with Crippen LogP contribution >= 0.6 is 0 Å². The number of fused-ring (bicyclic) bond motifs is 3. The maximum absolute atomic E-state index is 9.35. The minimum atomic E-state index is -0.562.